The maximum Gasteiger partial charge on any atom is 0.337 e. The smallest absolute Gasteiger partial charge is 0.337 e. The van der Waals surface area contributed by atoms with Crippen molar-refractivity contribution < 1.29 is 14.3 Å². The molecule has 0 spiro atoms. The van der Waals surface area contributed by atoms with Crippen molar-refractivity contribution in [2.75, 3.05) is 20.3 Å². The van der Waals surface area contributed by atoms with Crippen LogP contribution in [0.4, 0.5) is 0 Å². The second-order valence-electron chi connectivity index (χ2n) is 3.80. The van der Waals surface area contributed by atoms with Gasteiger partial charge in [-0.05, 0) is 17.7 Å². The summed E-state index contributed by atoms with van der Waals surface area (Å²) in [6.07, 6.45) is 0. The number of rotatable bonds is 4. The zero-order chi connectivity index (χ0) is 11.4. The minimum Gasteiger partial charge on any atom is -0.465 e. The van der Waals surface area contributed by atoms with Crippen molar-refractivity contribution >= 4 is 5.97 Å². The Balaban J connectivity index is 1.88. The van der Waals surface area contributed by atoms with Crippen LogP contribution in [0, 0.1) is 0 Å². The molecule has 1 N–H and O–H groups in total. The molecule has 1 fully saturated rings. The lowest BCUT2D eigenvalue weighted by Crippen LogP contribution is -2.45. The molecule has 4 heteroatoms. The third kappa shape index (κ3) is 2.59. The molecule has 4 nitrogen and oxygen atoms in total. The van der Waals surface area contributed by atoms with Crippen molar-refractivity contribution in [1.29, 1.82) is 0 Å². The molecule has 0 unspecified atom stereocenters. The first-order valence-corrected chi connectivity index (χ1v) is 5.28. The van der Waals surface area contributed by atoms with Gasteiger partial charge in [-0.3, -0.25) is 0 Å². The van der Waals surface area contributed by atoms with Gasteiger partial charge in [-0.2, -0.15) is 0 Å². The fraction of sp³-hybridized carbons (Fsp3) is 0.417. The second-order valence-corrected chi connectivity index (χ2v) is 3.80. The summed E-state index contributed by atoms with van der Waals surface area (Å²) in [6.45, 7) is 2.38. The van der Waals surface area contributed by atoms with Gasteiger partial charge < -0.3 is 14.8 Å². The molecular weight excluding hydrogens is 206 g/mol. The van der Waals surface area contributed by atoms with Crippen molar-refractivity contribution in [2.45, 2.75) is 12.6 Å². The van der Waals surface area contributed by atoms with Gasteiger partial charge in [0, 0.05) is 6.54 Å². The Kier molecular flexibility index (Phi) is 3.54. The van der Waals surface area contributed by atoms with E-state index in [0.717, 1.165) is 25.3 Å². The molecule has 0 amide bonds. The van der Waals surface area contributed by atoms with E-state index in [2.05, 4.69) is 10.1 Å². The first kappa shape index (κ1) is 11.1. The quantitative estimate of drug-likeness (QED) is 0.769. The molecule has 0 atom stereocenters. The highest BCUT2D eigenvalue weighted by molar-refractivity contribution is 5.89. The molecule has 0 aromatic heterocycles. The molecule has 0 bridgehead atoms. The fourth-order valence-electron chi connectivity index (χ4n) is 1.49. The third-order valence-corrected chi connectivity index (χ3v) is 2.61. The zero-order valence-corrected chi connectivity index (χ0v) is 9.23. The van der Waals surface area contributed by atoms with Crippen molar-refractivity contribution in [3.63, 3.8) is 0 Å². The van der Waals surface area contributed by atoms with E-state index >= 15 is 0 Å². The predicted octanol–water partition coefficient (Wildman–Crippen LogP) is 0.962. The number of methoxy groups -OCH3 is 1. The SMILES string of the molecule is COC(=O)c1ccc(CNC2COC2)cc1. The second kappa shape index (κ2) is 5.09. The average molecular weight is 221 g/mol. The van der Waals surface area contributed by atoms with Crippen LogP contribution in [0.2, 0.25) is 0 Å². The summed E-state index contributed by atoms with van der Waals surface area (Å²) in [5.41, 5.74) is 1.73. The highest BCUT2D eigenvalue weighted by Gasteiger charge is 2.16. The molecule has 1 aliphatic heterocycles. The molecule has 2 rings (SSSR count). The maximum absolute atomic E-state index is 11.2. The monoisotopic (exact) mass is 221 g/mol. The van der Waals surface area contributed by atoms with E-state index in [1.165, 1.54) is 7.11 Å². The number of hydrogen-bond acceptors (Lipinski definition) is 4. The fourth-order valence-corrected chi connectivity index (χ4v) is 1.49. The summed E-state index contributed by atoms with van der Waals surface area (Å²) in [7, 11) is 1.38. The number of esters is 1. The first-order valence-electron chi connectivity index (χ1n) is 5.28. The predicted molar refractivity (Wildman–Crippen MR) is 59.2 cm³/mol. The third-order valence-electron chi connectivity index (χ3n) is 2.61. The van der Waals surface area contributed by atoms with E-state index in [1.807, 2.05) is 12.1 Å². The molecule has 1 heterocycles. The molecule has 1 aliphatic rings. The molecule has 0 aliphatic carbocycles. The topological polar surface area (TPSA) is 47.6 Å². The summed E-state index contributed by atoms with van der Waals surface area (Å²) in [5, 5.41) is 3.36. The molecule has 16 heavy (non-hydrogen) atoms. The highest BCUT2D eigenvalue weighted by atomic mass is 16.5. The molecule has 86 valence electrons. The van der Waals surface area contributed by atoms with Crippen LogP contribution in [0.3, 0.4) is 0 Å². The van der Waals surface area contributed by atoms with Crippen LogP contribution in [-0.4, -0.2) is 32.3 Å². The van der Waals surface area contributed by atoms with Crippen molar-refractivity contribution in [1.82, 2.24) is 5.32 Å². The van der Waals surface area contributed by atoms with E-state index in [1.54, 1.807) is 12.1 Å². The van der Waals surface area contributed by atoms with Gasteiger partial charge in [0.25, 0.3) is 0 Å². The van der Waals surface area contributed by atoms with Gasteiger partial charge in [-0.25, -0.2) is 4.79 Å². The van der Waals surface area contributed by atoms with Crippen LogP contribution < -0.4 is 5.32 Å². The molecule has 1 aromatic carbocycles. The highest BCUT2D eigenvalue weighted by Crippen LogP contribution is 2.07. The minimum atomic E-state index is -0.299. The van der Waals surface area contributed by atoms with Gasteiger partial charge >= 0.3 is 5.97 Å². The summed E-state index contributed by atoms with van der Waals surface area (Å²) in [5.74, 6) is -0.299. The molecule has 1 aromatic rings. The van der Waals surface area contributed by atoms with Crippen LogP contribution in [0.25, 0.3) is 0 Å². The van der Waals surface area contributed by atoms with Gasteiger partial charge in [0.15, 0.2) is 0 Å². The van der Waals surface area contributed by atoms with Crippen LogP contribution in [0.15, 0.2) is 24.3 Å². The minimum absolute atomic E-state index is 0.299. The van der Waals surface area contributed by atoms with E-state index in [4.69, 9.17) is 4.74 Å². The molecule has 0 radical (unpaired) electrons. The Morgan fingerprint density at radius 1 is 1.44 bits per heavy atom. The Labute approximate surface area is 94.6 Å². The molecule has 1 saturated heterocycles. The van der Waals surface area contributed by atoms with E-state index in [9.17, 15) is 4.79 Å². The largest absolute Gasteiger partial charge is 0.465 e. The lowest BCUT2D eigenvalue weighted by atomic mass is 10.1. The van der Waals surface area contributed by atoms with Gasteiger partial charge in [-0.15, -0.1) is 0 Å². The lowest BCUT2D eigenvalue weighted by molar-refractivity contribution is -0.00578. The van der Waals surface area contributed by atoms with Crippen LogP contribution in [0.1, 0.15) is 15.9 Å². The first-order chi connectivity index (χ1) is 7.79. The van der Waals surface area contributed by atoms with Gasteiger partial charge in [0.05, 0.1) is 31.9 Å². The van der Waals surface area contributed by atoms with Gasteiger partial charge in [0.1, 0.15) is 0 Å². The summed E-state index contributed by atoms with van der Waals surface area (Å²) >= 11 is 0. The Morgan fingerprint density at radius 2 is 2.12 bits per heavy atom. The Morgan fingerprint density at radius 3 is 2.62 bits per heavy atom. The lowest BCUT2D eigenvalue weighted by Gasteiger charge is -2.27. The van der Waals surface area contributed by atoms with Crippen molar-refractivity contribution in [3.05, 3.63) is 35.4 Å². The maximum atomic E-state index is 11.2. The number of nitrogens with one attached hydrogen (secondary N) is 1. The summed E-state index contributed by atoms with van der Waals surface area (Å²) in [6, 6.07) is 7.89. The standard InChI is InChI=1S/C12H15NO3/c1-15-12(14)10-4-2-9(3-5-10)6-13-11-7-16-8-11/h2-5,11,13H,6-8H2,1H3. The van der Waals surface area contributed by atoms with Gasteiger partial charge in [0.2, 0.25) is 0 Å². The molecule has 0 saturated carbocycles. The van der Waals surface area contributed by atoms with E-state index in [0.29, 0.717) is 11.6 Å². The van der Waals surface area contributed by atoms with Crippen molar-refractivity contribution in [3.8, 4) is 0 Å². The van der Waals surface area contributed by atoms with Crippen LogP contribution in [0.5, 0.6) is 0 Å². The summed E-state index contributed by atoms with van der Waals surface area (Å²) in [4.78, 5) is 11.2. The van der Waals surface area contributed by atoms with E-state index < -0.39 is 0 Å². The van der Waals surface area contributed by atoms with Crippen molar-refractivity contribution in [2.24, 2.45) is 0 Å². The van der Waals surface area contributed by atoms with E-state index in [-0.39, 0.29) is 5.97 Å². The number of carbonyl (C=O) groups excluding carboxylic acids is 1. The molecular formula is C12H15NO3. The van der Waals surface area contributed by atoms with Gasteiger partial charge in [-0.1, -0.05) is 12.1 Å². The zero-order valence-electron chi connectivity index (χ0n) is 9.23. The summed E-state index contributed by atoms with van der Waals surface area (Å²) < 4.78 is 9.69. The van der Waals surface area contributed by atoms with Crippen LogP contribution >= 0.6 is 0 Å². The normalized spacial score (nSPS) is 15.6. The average Bonchev–Trinajstić information content (AvgIpc) is 2.27. The Hall–Kier alpha value is -1.39. The number of benzene rings is 1. The number of carbonyl (C=O) groups is 1. The number of hydrogen-bond donors (Lipinski definition) is 1. The Bertz CT molecular complexity index is 357. The van der Waals surface area contributed by atoms with Crippen LogP contribution in [-0.2, 0) is 16.0 Å². The number of ether oxygens (including phenoxy) is 2.